The number of hydrogen-bond donors (Lipinski definition) is 0. The lowest BCUT2D eigenvalue weighted by atomic mass is 10.1. The van der Waals surface area contributed by atoms with Crippen molar-refractivity contribution in [1.29, 1.82) is 0 Å². The van der Waals surface area contributed by atoms with Gasteiger partial charge in [0.05, 0.1) is 24.0 Å². The van der Waals surface area contributed by atoms with Gasteiger partial charge in [-0.3, -0.25) is 0 Å². The van der Waals surface area contributed by atoms with E-state index < -0.39 is 9.84 Å². The maximum Gasteiger partial charge on any atom is 0.207 e. The summed E-state index contributed by atoms with van der Waals surface area (Å²) in [6.45, 7) is 1.92. The number of rotatable bonds is 6. The van der Waals surface area contributed by atoms with E-state index in [4.69, 9.17) is 9.47 Å². The molecule has 0 saturated heterocycles. The summed E-state index contributed by atoms with van der Waals surface area (Å²) in [6, 6.07) is 21.2. The molecule has 5 heteroatoms. The first-order chi connectivity index (χ1) is 13.4. The topological polar surface area (TPSA) is 52.6 Å². The van der Waals surface area contributed by atoms with Crippen LogP contribution in [-0.2, 0) is 9.84 Å². The van der Waals surface area contributed by atoms with Gasteiger partial charge in [-0.25, -0.2) is 8.42 Å². The smallest absolute Gasteiger partial charge is 0.207 e. The first-order valence-corrected chi connectivity index (χ1v) is 10.2. The maximum absolute atomic E-state index is 13.5. The number of aryl methyl sites for hydroxylation is 1. The van der Waals surface area contributed by atoms with Crippen LogP contribution < -0.4 is 9.47 Å². The molecule has 28 heavy (non-hydrogen) atoms. The Morgan fingerprint density at radius 3 is 2.07 bits per heavy atom. The highest BCUT2D eigenvalue weighted by Gasteiger charge is 2.23. The zero-order valence-electron chi connectivity index (χ0n) is 16.0. The van der Waals surface area contributed by atoms with E-state index in [1.165, 1.54) is 0 Å². The normalized spacial score (nSPS) is 11.9. The Hall–Kier alpha value is -3.05. The first kappa shape index (κ1) is 19.7. The second-order valence-electron chi connectivity index (χ2n) is 6.33. The van der Waals surface area contributed by atoms with Gasteiger partial charge in [0.1, 0.15) is 11.5 Å². The molecule has 0 bridgehead atoms. The third-order valence-electron chi connectivity index (χ3n) is 4.37. The van der Waals surface area contributed by atoms with E-state index in [2.05, 4.69) is 0 Å². The summed E-state index contributed by atoms with van der Waals surface area (Å²) < 4.78 is 37.5. The largest absolute Gasteiger partial charge is 0.497 e. The van der Waals surface area contributed by atoms with Gasteiger partial charge in [-0.1, -0.05) is 42.0 Å². The Morgan fingerprint density at radius 2 is 1.43 bits per heavy atom. The Morgan fingerprint density at radius 1 is 0.821 bits per heavy atom. The highest BCUT2D eigenvalue weighted by atomic mass is 32.2. The van der Waals surface area contributed by atoms with E-state index in [9.17, 15) is 8.42 Å². The Bertz CT molecular complexity index is 1100. The van der Waals surface area contributed by atoms with Crippen molar-refractivity contribution in [1.82, 2.24) is 0 Å². The third kappa shape index (κ3) is 4.26. The molecule has 0 aliphatic heterocycles. The average Bonchev–Trinajstić information content (AvgIpc) is 2.72. The molecule has 0 radical (unpaired) electrons. The Kier molecular flexibility index (Phi) is 5.85. The minimum absolute atomic E-state index is 0.198. The standard InChI is InChI=1S/C23H22O4S/c1-17-10-12-22(13-11-17)28(24,25)23(19-7-5-9-21(16-19)27-3)15-18-6-4-8-20(14-18)26-2/h4-16H,1-3H3/b23-15+. The highest BCUT2D eigenvalue weighted by molar-refractivity contribution is 8.00. The minimum atomic E-state index is -3.75. The molecular formula is C23H22O4S. The van der Waals surface area contributed by atoms with Crippen LogP contribution >= 0.6 is 0 Å². The lowest BCUT2D eigenvalue weighted by Gasteiger charge is -2.12. The molecule has 0 unspecified atom stereocenters. The van der Waals surface area contributed by atoms with Crippen molar-refractivity contribution in [2.45, 2.75) is 11.8 Å². The molecule has 0 heterocycles. The number of ether oxygens (including phenoxy) is 2. The second kappa shape index (κ2) is 8.31. The summed E-state index contributed by atoms with van der Waals surface area (Å²) in [5, 5.41) is 0. The molecule has 0 saturated carbocycles. The molecule has 0 aromatic heterocycles. The van der Waals surface area contributed by atoms with Crippen molar-refractivity contribution >= 4 is 20.8 Å². The fourth-order valence-electron chi connectivity index (χ4n) is 2.82. The summed E-state index contributed by atoms with van der Waals surface area (Å²) >= 11 is 0. The third-order valence-corrected chi connectivity index (χ3v) is 6.19. The van der Waals surface area contributed by atoms with E-state index in [1.54, 1.807) is 74.9 Å². The Labute approximate surface area is 166 Å². The number of benzene rings is 3. The van der Waals surface area contributed by atoms with Crippen LogP contribution in [-0.4, -0.2) is 22.6 Å². The minimum Gasteiger partial charge on any atom is -0.497 e. The highest BCUT2D eigenvalue weighted by Crippen LogP contribution is 2.32. The molecule has 3 aromatic rings. The molecule has 3 aromatic carbocycles. The van der Waals surface area contributed by atoms with E-state index in [1.807, 2.05) is 25.1 Å². The predicted molar refractivity (Wildman–Crippen MR) is 112 cm³/mol. The van der Waals surface area contributed by atoms with Crippen LogP contribution in [0.3, 0.4) is 0 Å². The monoisotopic (exact) mass is 394 g/mol. The van der Waals surface area contributed by atoms with Crippen molar-refractivity contribution < 1.29 is 17.9 Å². The van der Waals surface area contributed by atoms with Crippen LogP contribution in [0.2, 0.25) is 0 Å². The van der Waals surface area contributed by atoms with Crippen LogP contribution in [0.1, 0.15) is 16.7 Å². The van der Waals surface area contributed by atoms with Crippen LogP contribution in [0.15, 0.2) is 77.7 Å². The lowest BCUT2D eigenvalue weighted by molar-refractivity contribution is 0.414. The molecule has 0 fully saturated rings. The first-order valence-electron chi connectivity index (χ1n) is 8.76. The van der Waals surface area contributed by atoms with E-state index in [0.29, 0.717) is 17.1 Å². The summed E-state index contributed by atoms with van der Waals surface area (Å²) in [5.74, 6) is 1.25. The number of methoxy groups -OCH3 is 2. The van der Waals surface area contributed by atoms with Crippen LogP contribution in [0.25, 0.3) is 11.0 Å². The van der Waals surface area contributed by atoms with Crippen LogP contribution in [0.4, 0.5) is 0 Å². The maximum atomic E-state index is 13.5. The lowest BCUT2D eigenvalue weighted by Crippen LogP contribution is -2.05. The Balaban J connectivity index is 2.21. The molecular weight excluding hydrogens is 372 g/mol. The zero-order valence-corrected chi connectivity index (χ0v) is 16.9. The van der Waals surface area contributed by atoms with Gasteiger partial charge in [-0.05, 0) is 60.5 Å². The van der Waals surface area contributed by atoms with E-state index in [-0.39, 0.29) is 9.80 Å². The molecule has 0 atom stereocenters. The van der Waals surface area contributed by atoms with Gasteiger partial charge in [0.2, 0.25) is 9.84 Å². The molecule has 144 valence electrons. The number of hydrogen-bond acceptors (Lipinski definition) is 4. The zero-order chi connectivity index (χ0) is 20.1. The van der Waals surface area contributed by atoms with Gasteiger partial charge in [0.25, 0.3) is 0 Å². The predicted octanol–water partition coefficient (Wildman–Crippen LogP) is 4.98. The van der Waals surface area contributed by atoms with Gasteiger partial charge >= 0.3 is 0 Å². The molecule has 0 aliphatic carbocycles. The molecule has 0 spiro atoms. The molecule has 3 rings (SSSR count). The van der Waals surface area contributed by atoms with Gasteiger partial charge in [-0.2, -0.15) is 0 Å². The van der Waals surface area contributed by atoms with Gasteiger partial charge < -0.3 is 9.47 Å². The SMILES string of the molecule is COc1cccc(/C=C(\c2cccc(OC)c2)S(=O)(=O)c2ccc(C)cc2)c1. The van der Waals surface area contributed by atoms with Crippen molar-refractivity contribution in [3.05, 3.63) is 89.5 Å². The molecule has 0 aliphatic rings. The van der Waals surface area contributed by atoms with Crippen molar-refractivity contribution in [2.75, 3.05) is 14.2 Å². The van der Waals surface area contributed by atoms with E-state index >= 15 is 0 Å². The summed E-state index contributed by atoms with van der Waals surface area (Å²) in [6.07, 6.45) is 1.66. The van der Waals surface area contributed by atoms with Gasteiger partial charge in [-0.15, -0.1) is 0 Å². The summed E-state index contributed by atoms with van der Waals surface area (Å²) in [7, 11) is -0.616. The van der Waals surface area contributed by atoms with E-state index in [0.717, 1.165) is 11.1 Å². The van der Waals surface area contributed by atoms with Crippen molar-refractivity contribution in [3.8, 4) is 11.5 Å². The fourth-order valence-corrected chi connectivity index (χ4v) is 4.30. The van der Waals surface area contributed by atoms with Gasteiger partial charge in [0, 0.05) is 0 Å². The molecule has 0 amide bonds. The molecule has 0 N–H and O–H groups in total. The summed E-state index contributed by atoms with van der Waals surface area (Å²) in [5.41, 5.74) is 2.29. The quantitative estimate of drug-likeness (QED) is 0.553. The van der Waals surface area contributed by atoms with Crippen molar-refractivity contribution in [3.63, 3.8) is 0 Å². The van der Waals surface area contributed by atoms with Crippen molar-refractivity contribution in [2.24, 2.45) is 0 Å². The second-order valence-corrected chi connectivity index (χ2v) is 8.25. The average molecular weight is 394 g/mol. The van der Waals surface area contributed by atoms with Crippen LogP contribution in [0.5, 0.6) is 11.5 Å². The number of sulfone groups is 1. The summed E-state index contributed by atoms with van der Waals surface area (Å²) in [4.78, 5) is 0.443. The fraction of sp³-hybridized carbons (Fsp3) is 0.130. The van der Waals surface area contributed by atoms with Gasteiger partial charge in [0.15, 0.2) is 0 Å². The van der Waals surface area contributed by atoms with Crippen LogP contribution in [0, 0.1) is 6.92 Å². The molecule has 4 nitrogen and oxygen atoms in total.